The Morgan fingerprint density at radius 3 is 2.41 bits per heavy atom. The van der Waals surface area contributed by atoms with Crippen molar-refractivity contribution < 1.29 is 13.2 Å². The molecule has 0 saturated carbocycles. The van der Waals surface area contributed by atoms with Gasteiger partial charge in [0.2, 0.25) is 0 Å². The van der Waals surface area contributed by atoms with Gasteiger partial charge in [-0.3, -0.25) is 4.90 Å². The van der Waals surface area contributed by atoms with Gasteiger partial charge in [-0.1, -0.05) is 18.6 Å². The molecule has 2 heterocycles. The van der Waals surface area contributed by atoms with Crippen molar-refractivity contribution in [3.8, 4) is 5.75 Å². The van der Waals surface area contributed by atoms with Gasteiger partial charge in [0, 0.05) is 0 Å². The highest BCUT2D eigenvalue weighted by Gasteiger charge is 2.25. The SMILES string of the molecule is COc1ccc(S(=O)(=O)n2c(CN3CCCCC3)nc3ccccc32)cc1. The van der Waals surface area contributed by atoms with Gasteiger partial charge >= 0.3 is 0 Å². The van der Waals surface area contributed by atoms with Crippen LogP contribution in [-0.2, 0) is 16.6 Å². The summed E-state index contributed by atoms with van der Waals surface area (Å²) in [5.41, 5.74) is 1.31. The molecule has 0 amide bonds. The summed E-state index contributed by atoms with van der Waals surface area (Å²) in [5.74, 6) is 1.19. The second-order valence-electron chi connectivity index (χ2n) is 6.80. The van der Waals surface area contributed by atoms with Crippen LogP contribution in [0, 0.1) is 0 Å². The molecule has 1 aromatic heterocycles. The Morgan fingerprint density at radius 2 is 1.70 bits per heavy atom. The largest absolute Gasteiger partial charge is 0.497 e. The van der Waals surface area contributed by atoms with Crippen LogP contribution in [0.5, 0.6) is 5.75 Å². The van der Waals surface area contributed by atoms with E-state index in [1.165, 1.54) is 10.4 Å². The topological polar surface area (TPSA) is 64.4 Å². The van der Waals surface area contributed by atoms with E-state index in [-0.39, 0.29) is 4.90 Å². The number of benzene rings is 2. The number of nitrogens with zero attached hydrogens (tertiary/aromatic N) is 3. The number of imidazole rings is 1. The Morgan fingerprint density at radius 1 is 1.00 bits per heavy atom. The molecule has 3 aromatic rings. The molecule has 1 aliphatic rings. The van der Waals surface area contributed by atoms with Crippen LogP contribution in [0.2, 0.25) is 0 Å². The zero-order chi connectivity index (χ0) is 18.9. The normalized spacial score (nSPS) is 15.9. The number of aromatic nitrogens is 2. The van der Waals surface area contributed by atoms with Gasteiger partial charge in [0.1, 0.15) is 11.6 Å². The lowest BCUT2D eigenvalue weighted by atomic mass is 10.1. The molecule has 0 unspecified atom stereocenters. The summed E-state index contributed by atoms with van der Waals surface area (Å²) in [5, 5.41) is 0. The molecule has 0 spiro atoms. The maximum atomic E-state index is 13.4. The number of piperidine rings is 1. The molecule has 142 valence electrons. The predicted octanol–water partition coefficient (Wildman–Crippen LogP) is 3.27. The van der Waals surface area contributed by atoms with Crippen molar-refractivity contribution in [1.29, 1.82) is 0 Å². The van der Waals surface area contributed by atoms with E-state index in [2.05, 4.69) is 9.88 Å². The number of likely N-dealkylation sites (tertiary alicyclic amines) is 1. The molecule has 0 N–H and O–H groups in total. The van der Waals surface area contributed by atoms with E-state index in [4.69, 9.17) is 4.74 Å². The summed E-state index contributed by atoms with van der Waals surface area (Å²) in [6, 6.07) is 13.9. The van der Waals surface area contributed by atoms with Gasteiger partial charge in [0.25, 0.3) is 10.0 Å². The average molecular weight is 385 g/mol. The molecule has 27 heavy (non-hydrogen) atoms. The van der Waals surface area contributed by atoms with Crippen LogP contribution < -0.4 is 4.74 Å². The van der Waals surface area contributed by atoms with Gasteiger partial charge in [-0.25, -0.2) is 17.4 Å². The smallest absolute Gasteiger partial charge is 0.269 e. The van der Waals surface area contributed by atoms with Gasteiger partial charge in [-0.15, -0.1) is 0 Å². The first-order valence-electron chi connectivity index (χ1n) is 9.18. The van der Waals surface area contributed by atoms with Crippen LogP contribution >= 0.6 is 0 Å². The highest BCUT2D eigenvalue weighted by Crippen LogP contribution is 2.26. The van der Waals surface area contributed by atoms with Crippen molar-refractivity contribution in [1.82, 2.24) is 13.9 Å². The van der Waals surface area contributed by atoms with Crippen LogP contribution in [0.4, 0.5) is 0 Å². The van der Waals surface area contributed by atoms with E-state index < -0.39 is 10.0 Å². The van der Waals surface area contributed by atoms with E-state index in [1.54, 1.807) is 31.4 Å². The van der Waals surface area contributed by atoms with Crippen molar-refractivity contribution in [2.24, 2.45) is 0 Å². The monoisotopic (exact) mass is 385 g/mol. The van der Waals surface area contributed by atoms with Gasteiger partial charge < -0.3 is 4.74 Å². The molecule has 0 bridgehead atoms. The maximum Gasteiger partial charge on any atom is 0.269 e. The maximum absolute atomic E-state index is 13.4. The summed E-state index contributed by atoms with van der Waals surface area (Å²) in [6.07, 6.45) is 3.52. The van der Waals surface area contributed by atoms with Gasteiger partial charge in [-0.05, 0) is 62.3 Å². The minimum atomic E-state index is -3.76. The fourth-order valence-electron chi connectivity index (χ4n) is 3.59. The molecule has 1 saturated heterocycles. The van der Waals surface area contributed by atoms with E-state index in [1.807, 2.05) is 24.3 Å². The molecule has 4 rings (SSSR count). The lowest BCUT2D eigenvalue weighted by molar-refractivity contribution is 0.216. The summed E-state index contributed by atoms with van der Waals surface area (Å²) in [4.78, 5) is 7.16. The Labute approximate surface area is 159 Å². The first-order valence-corrected chi connectivity index (χ1v) is 10.6. The Hall–Kier alpha value is -2.38. The molecule has 1 fully saturated rings. The summed E-state index contributed by atoms with van der Waals surface area (Å²) < 4.78 is 33.4. The highest BCUT2D eigenvalue weighted by atomic mass is 32.2. The average Bonchev–Trinajstić information content (AvgIpc) is 3.07. The van der Waals surface area contributed by atoms with E-state index >= 15 is 0 Å². The number of fused-ring (bicyclic) bond motifs is 1. The van der Waals surface area contributed by atoms with Crippen LogP contribution in [0.15, 0.2) is 53.4 Å². The van der Waals surface area contributed by atoms with Crippen LogP contribution in [0.3, 0.4) is 0 Å². The molecule has 1 aliphatic heterocycles. The van der Waals surface area contributed by atoms with Crippen LogP contribution in [0.1, 0.15) is 25.1 Å². The highest BCUT2D eigenvalue weighted by molar-refractivity contribution is 7.90. The van der Waals surface area contributed by atoms with Gasteiger partial charge in [0.05, 0.1) is 29.6 Å². The van der Waals surface area contributed by atoms with Crippen molar-refractivity contribution in [3.05, 3.63) is 54.4 Å². The predicted molar refractivity (Wildman–Crippen MR) is 104 cm³/mol. The van der Waals surface area contributed by atoms with E-state index in [0.717, 1.165) is 25.9 Å². The third kappa shape index (κ3) is 3.44. The minimum absolute atomic E-state index is 0.228. The summed E-state index contributed by atoms with van der Waals surface area (Å²) >= 11 is 0. The number of methoxy groups -OCH3 is 1. The fraction of sp³-hybridized carbons (Fsp3) is 0.350. The van der Waals surface area contributed by atoms with E-state index in [0.29, 0.717) is 29.2 Å². The van der Waals surface area contributed by atoms with Crippen molar-refractivity contribution in [3.63, 3.8) is 0 Å². The first-order chi connectivity index (χ1) is 13.1. The Balaban J connectivity index is 1.81. The zero-order valence-electron chi connectivity index (χ0n) is 15.3. The Bertz CT molecular complexity index is 1040. The minimum Gasteiger partial charge on any atom is -0.497 e. The van der Waals surface area contributed by atoms with Crippen molar-refractivity contribution in [2.45, 2.75) is 30.7 Å². The van der Waals surface area contributed by atoms with E-state index in [9.17, 15) is 8.42 Å². The lowest BCUT2D eigenvalue weighted by Gasteiger charge is -2.26. The number of hydrogen-bond donors (Lipinski definition) is 0. The second kappa shape index (κ2) is 7.32. The number of hydrogen-bond acceptors (Lipinski definition) is 5. The number of para-hydroxylation sites is 2. The third-order valence-electron chi connectivity index (χ3n) is 5.00. The zero-order valence-corrected chi connectivity index (χ0v) is 16.2. The molecule has 0 atom stereocenters. The van der Waals surface area contributed by atoms with Crippen molar-refractivity contribution in [2.75, 3.05) is 20.2 Å². The molecule has 6 nitrogen and oxygen atoms in total. The Kier molecular flexibility index (Phi) is 4.88. The quantitative estimate of drug-likeness (QED) is 0.674. The van der Waals surface area contributed by atoms with Gasteiger partial charge in [0.15, 0.2) is 0 Å². The second-order valence-corrected chi connectivity index (χ2v) is 8.59. The molecule has 0 aliphatic carbocycles. The molecular weight excluding hydrogens is 362 g/mol. The number of ether oxygens (including phenoxy) is 1. The number of rotatable bonds is 5. The molecule has 2 aromatic carbocycles. The summed E-state index contributed by atoms with van der Waals surface area (Å²) in [6.45, 7) is 2.49. The molecule has 7 heteroatoms. The molecular formula is C20H23N3O3S. The summed E-state index contributed by atoms with van der Waals surface area (Å²) in [7, 11) is -2.20. The van der Waals surface area contributed by atoms with Crippen LogP contribution in [-0.4, -0.2) is 42.5 Å². The van der Waals surface area contributed by atoms with Gasteiger partial charge in [-0.2, -0.15) is 0 Å². The molecule has 0 radical (unpaired) electrons. The van der Waals surface area contributed by atoms with Crippen molar-refractivity contribution >= 4 is 21.1 Å². The fourth-order valence-corrected chi connectivity index (χ4v) is 5.07. The standard InChI is InChI=1S/C20H23N3O3S/c1-26-16-9-11-17(12-10-16)27(24,25)23-19-8-4-3-7-18(19)21-20(23)15-22-13-5-2-6-14-22/h3-4,7-12H,2,5-6,13-15H2,1H3. The lowest BCUT2D eigenvalue weighted by Crippen LogP contribution is -2.31. The first kappa shape index (κ1) is 18.0. The third-order valence-corrected chi connectivity index (χ3v) is 6.75. The van der Waals surface area contributed by atoms with Crippen LogP contribution in [0.25, 0.3) is 11.0 Å².